The van der Waals surface area contributed by atoms with Crippen molar-refractivity contribution in [2.45, 2.75) is 38.1 Å². The number of fused-ring (bicyclic) bond motifs is 2. The summed E-state index contributed by atoms with van der Waals surface area (Å²) in [6.07, 6.45) is 1.97. The number of piperidine rings is 1. The molecule has 0 N–H and O–H groups in total. The van der Waals surface area contributed by atoms with E-state index in [9.17, 15) is 4.79 Å². The van der Waals surface area contributed by atoms with Crippen LogP contribution in [-0.2, 0) is 11.2 Å². The Morgan fingerprint density at radius 3 is 2.76 bits per heavy atom. The predicted molar refractivity (Wildman–Crippen MR) is 103 cm³/mol. The van der Waals surface area contributed by atoms with Crippen molar-refractivity contribution in [3.63, 3.8) is 0 Å². The smallest absolute Gasteiger partial charge is 0.230 e. The molecule has 3 atom stereocenters. The number of likely N-dealkylation sites (tertiary alicyclic amines) is 1. The fraction of sp³-hybridized carbons (Fsp3) is 0.421. The second kappa shape index (κ2) is 7.11. The largest absolute Gasteiger partial charge is 0.339 e. The highest BCUT2D eigenvalue weighted by molar-refractivity contribution is 6.42. The Morgan fingerprint density at radius 1 is 1.21 bits per heavy atom. The summed E-state index contributed by atoms with van der Waals surface area (Å²) in [6, 6.07) is 5.42. The van der Waals surface area contributed by atoms with Crippen LogP contribution >= 0.6 is 23.2 Å². The Labute approximate surface area is 176 Å². The van der Waals surface area contributed by atoms with E-state index in [4.69, 9.17) is 27.7 Å². The van der Waals surface area contributed by atoms with Gasteiger partial charge >= 0.3 is 0 Å². The molecular weight excluding hydrogens is 417 g/mol. The number of halogens is 2. The fourth-order valence-corrected chi connectivity index (χ4v) is 4.65. The van der Waals surface area contributed by atoms with E-state index in [2.05, 4.69) is 25.1 Å². The highest BCUT2D eigenvalue weighted by Crippen LogP contribution is 2.47. The summed E-state index contributed by atoms with van der Waals surface area (Å²) in [6.45, 7) is 2.47. The van der Waals surface area contributed by atoms with Crippen molar-refractivity contribution in [1.29, 1.82) is 0 Å². The molecule has 1 aromatic carbocycles. The van der Waals surface area contributed by atoms with E-state index in [1.807, 2.05) is 11.0 Å². The Bertz CT molecular complexity index is 1080. The molecule has 3 heterocycles. The molecule has 29 heavy (non-hydrogen) atoms. The molecule has 2 fully saturated rings. The minimum Gasteiger partial charge on any atom is -0.339 e. The molecule has 1 aliphatic heterocycles. The van der Waals surface area contributed by atoms with E-state index in [1.54, 1.807) is 19.1 Å². The number of rotatable bonds is 4. The van der Waals surface area contributed by atoms with Crippen LogP contribution in [0, 0.1) is 12.8 Å². The third kappa shape index (κ3) is 3.30. The van der Waals surface area contributed by atoms with Gasteiger partial charge in [0.05, 0.1) is 16.5 Å². The molecule has 3 unspecified atom stereocenters. The van der Waals surface area contributed by atoms with Crippen molar-refractivity contribution in [2.75, 3.05) is 6.54 Å². The first-order chi connectivity index (χ1) is 14.0. The number of carbonyl (C=O) groups is 1. The van der Waals surface area contributed by atoms with E-state index >= 15 is 0 Å². The van der Waals surface area contributed by atoms with Crippen LogP contribution in [0.2, 0.25) is 10.0 Å². The van der Waals surface area contributed by atoms with Crippen LogP contribution in [0.5, 0.6) is 0 Å². The number of amides is 1. The number of aryl methyl sites for hydroxylation is 1. The van der Waals surface area contributed by atoms with Crippen molar-refractivity contribution in [3.8, 4) is 11.4 Å². The summed E-state index contributed by atoms with van der Waals surface area (Å²) in [4.78, 5) is 19.2. The summed E-state index contributed by atoms with van der Waals surface area (Å²) >= 11 is 12.1. The second-order valence-corrected chi connectivity index (χ2v) is 8.41. The lowest BCUT2D eigenvalue weighted by molar-refractivity contribution is -0.132. The first-order valence-corrected chi connectivity index (χ1v) is 10.1. The minimum absolute atomic E-state index is 0.0526. The molecule has 2 aliphatic rings. The van der Waals surface area contributed by atoms with Gasteiger partial charge in [-0.3, -0.25) is 4.79 Å². The predicted octanol–water partition coefficient (Wildman–Crippen LogP) is 3.68. The third-order valence-corrected chi connectivity index (χ3v) is 6.60. The van der Waals surface area contributed by atoms with Gasteiger partial charge in [-0.15, -0.1) is 0 Å². The first kappa shape index (κ1) is 18.6. The Balaban J connectivity index is 1.28. The Morgan fingerprint density at radius 2 is 2.07 bits per heavy atom. The molecule has 0 spiro atoms. The Hall–Kier alpha value is -2.45. The number of benzene rings is 1. The molecule has 10 heteroatoms. The van der Waals surface area contributed by atoms with Crippen LogP contribution in [0.4, 0.5) is 0 Å². The van der Waals surface area contributed by atoms with Gasteiger partial charge in [-0.2, -0.15) is 4.98 Å². The normalized spacial score (nSPS) is 23.1. The Kier molecular flexibility index (Phi) is 4.55. The first-order valence-electron chi connectivity index (χ1n) is 9.36. The number of carbonyl (C=O) groups excluding carboxylic acids is 1. The lowest BCUT2D eigenvalue weighted by Crippen LogP contribution is -2.40. The van der Waals surface area contributed by atoms with Gasteiger partial charge in [-0.25, -0.2) is 4.63 Å². The lowest BCUT2D eigenvalue weighted by Gasteiger charge is -2.30. The van der Waals surface area contributed by atoms with Crippen LogP contribution in [-0.4, -0.2) is 43.8 Å². The van der Waals surface area contributed by atoms with Gasteiger partial charge in [-0.1, -0.05) is 38.7 Å². The third-order valence-electron chi connectivity index (χ3n) is 5.86. The number of nitrogens with zero attached hydrogens (tertiary/aromatic N) is 5. The number of hydrogen-bond acceptors (Lipinski definition) is 7. The van der Waals surface area contributed by atoms with Crippen molar-refractivity contribution in [3.05, 3.63) is 45.5 Å². The fourth-order valence-electron chi connectivity index (χ4n) is 4.35. The summed E-state index contributed by atoms with van der Waals surface area (Å²) in [7, 11) is 0. The molecule has 0 radical (unpaired) electrons. The molecule has 1 saturated carbocycles. The topological polar surface area (TPSA) is 98.2 Å². The van der Waals surface area contributed by atoms with Gasteiger partial charge in [0.2, 0.25) is 17.6 Å². The number of hydrogen-bond donors (Lipinski definition) is 0. The van der Waals surface area contributed by atoms with Crippen molar-refractivity contribution in [2.24, 2.45) is 5.92 Å². The van der Waals surface area contributed by atoms with Crippen LogP contribution < -0.4 is 0 Å². The SMILES string of the molecule is Cc1nonc1CC(=O)N1CC2CC1CC2c1nc(-c2ccc(Cl)c(Cl)c2)no1. The van der Waals surface area contributed by atoms with Crippen LogP contribution in [0.3, 0.4) is 0 Å². The maximum absolute atomic E-state index is 12.7. The molecule has 1 amide bonds. The van der Waals surface area contributed by atoms with Gasteiger partial charge in [0, 0.05) is 24.1 Å². The monoisotopic (exact) mass is 433 g/mol. The summed E-state index contributed by atoms with van der Waals surface area (Å²) in [5.41, 5.74) is 2.00. The molecule has 3 aromatic rings. The molecule has 5 rings (SSSR count). The van der Waals surface area contributed by atoms with E-state index in [0.717, 1.165) is 18.4 Å². The zero-order chi connectivity index (χ0) is 20.1. The highest BCUT2D eigenvalue weighted by atomic mass is 35.5. The van der Waals surface area contributed by atoms with Gasteiger partial charge in [0.1, 0.15) is 11.4 Å². The zero-order valence-corrected chi connectivity index (χ0v) is 17.0. The molecule has 2 bridgehead atoms. The van der Waals surface area contributed by atoms with Gasteiger partial charge < -0.3 is 9.42 Å². The number of aromatic nitrogens is 4. The van der Waals surface area contributed by atoms with Gasteiger partial charge in [-0.05, 0) is 43.9 Å². The van der Waals surface area contributed by atoms with Crippen molar-refractivity contribution < 1.29 is 13.9 Å². The lowest BCUT2D eigenvalue weighted by atomic mass is 9.94. The van der Waals surface area contributed by atoms with E-state index < -0.39 is 0 Å². The van der Waals surface area contributed by atoms with Gasteiger partial charge in [0.15, 0.2) is 0 Å². The highest BCUT2D eigenvalue weighted by Gasteiger charge is 2.49. The molecule has 8 nitrogen and oxygen atoms in total. The summed E-state index contributed by atoms with van der Waals surface area (Å²) in [5.74, 6) is 1.62. The molecule has 2 aromatic heterocycles. The van der Waals surface area contributed by atoms with E-state index in [0.29, 0.717) is 45.6 Å². The molecule has 1 saturated heterocycles. The van der Waals surface area contributed by atoms with Crippen LogP contribution in [0.15, 0.2) is 27.4 Å². The van der Waals surface area contributed by atoms with E-state index in [1.165, 1.54) is 0 Å². The maximum Gasteiger partial charge on any atom is 0.230 e. The standard InChI is InChI=1S/C19H17Cl2N5O3/c1-9-16(24-29-23-9)7-17(27)26-8-11-4-12(26)6-13(11)19-22-18(25-28-19)10-2-3-14(20)15(21)5-10/h2-3,5,11-13H,4,6-8H2,1H3. The second-order valence-electron chi connectivity index (χ2n) is 7.60. The molecule has 1 aliphatic carbocycles. The van der Waals surface area contributed by atoms with Crippen LogP contribution in [0.1, 0.15) is 36.0 Å². The van der Waals surface area contributed by atoms with Crippen LogP contribution in [0.25, 0.3) is 11.4 Å². The quantitative estimate of drug-likeness (QED) is 0.618. The van der Waals surface area contributed by atoms with Crippen molar-refractivity contribution in [1.82, 2.24) is 25.4 Å². The van der Waals surface area contributed by atoms with Gasteiger partial charge in [0.25, 0.3) is 0 Å². The summed E-state index contributed by atoms with van der Waals surface area (Å²) in [5, 5.41) is 12.6. The average molecular weight is 434 g/mol. The van der Waals surface area contributed by atoms with Crippen molar-refractivity contribution >= 4 is 29.1 Å². The molecular formula is C19H17Cl2N5O3. The maximum atomic E-state index is 12.7. The molecule has 150 valence electrons. The summed E-state index contributed by atoms with van der Waals surface area (Å²) < 4.78 is 10.2. The minimum atomic E-state index is 0.0526. The zero-order valence-electron chi connectivity index (χ0n) is 15.5. The van der Waals surface area contributed by atoms with E-state index in [-0.39, 0.29) is 24.3 Å². The average Bonchev–Trinajstić information content (AvgIpc) is 3.48.